The number of amides is 2. The van der Waals surface area contributed by atoms with Crippen LogP contribution in [-0.2, 0) is 28.3 Å². The van der Waals surface area contributed by atoms with Gasteiger partial charge in [0.1, 0.15) is 6.04 Å². The topological polar surface area (TPSA) is 49.4 Å². The fourth-order valence-corrected chi connectivity index (χ4v) is 4.91. The van der Waals surface area contributed by atoms with Gasteiger partial charge in [0.2, 0.25) is 11.8 Å². The minimum atomic E-state index is -0.663. The van der Waals surface area contributed by atoms with Crippen LogP contribution in [0.4, 0.5) is 0 Å². The quantitative estimate of drug-likeness (QED) is 0.333. The van der Waals surface area contributed by atoms with Gasteiger partial charge in [0.15, 0.2) is 0 Å². The van der Waals surface area contributed by atoms with Crippen LogP contribution in [0.5, 0.6) is 0 Å². The van der Waals surface area contributed by atoms with E-state index >= 15 is 0 Å². The van der Waals surface area contributed by atoms with Crippen LogP contribution in [0.15, 0.2) is 72.8 Å². The summed E-state index contributed by atoms with van der Waals surface area (Å²) in [6.07, 6.45) is 0.407. The zero-order valence-corrected chi connectivity index (χ0v) is 21.7. The molecule has 0 radical (unpaired) electrons. The first-order chi connectivity index (χ1) is 16.4. The number of hydrogen-bond acceptors (Lipinski definition) is 3. The van der Waals surface area contributed by atoms with Gasteiger partial charge in [0.25, 0.3) is 0 Å². The summed E-state index contributed by atoms with van der Waals surface area (Å²) < 4.78 is 0. The normalized spacial score (nSPS) is 11.6. The molecule has 0 aliphatic rings. The lowest BCUT2D eigenvalue weighted by Gasteiger charge is -2.31. The molecule has 0 bridgehead atoms. The lowest BCUT2D eigenvalue weighted by Crippen LogP contribution is -2.50. The Morgan fingerprint density at radius 3 is 2.29 bits per heavy atom. The second-order valence-electron chi connectivity index (χ2n) is 7.71. The highest BCUT2D eigenvalue weighted by Crippen LogP contribution is 2.25. The summed E-state index contributed by atoms with van der Waals surface area (Å²) in [4.78, 5) is 28.0. The number of carbonyl (C=O) groups excluding carboxylic acids is 2. The summed E-state index contributed by atoms with van der Waals surface area (Å²) >= 11 is 19.7. The fraction of sp³-hybridized carbons (Fsp3) is 0.231. The number of halogens is 3. The summed E-state index contributed by atoms with van der Waals surface area (Å²) in [7, 11) is 1.58. The first-order valence-electron chi connectivity index (χ1n) is 10.7. The van der Waals surface area contributed by atoms with E-state index in [-0.39, 0.29) is 24.1 Å². The molecule has 3 aromatic rings. The van der Waals surface area contributed by atoms with Crippen molar-refractivity contribution in [3.8, 4) is 0 Å². The van der Waals surface area contributed by atoms with Crippen molar-refractivity contribution >= 4 is 58.4 Å². The van der Waals surface area contributed by atoms with Gasteiger partial charge in [-0.05, 0) is 41.0 Å². The van der Waals surface area contributed by atoms with Crippen LogP contribution in [-0.4, -0.2) is 35.6 Å². The first kappa shape index (κ1) is 26.4. The minimum absolute atomic E-state index is 0.130. The molecule has 3 aromatic carbocycles. The van der Waals surface area contributed by atoms with Gasteiger partial charge in [-0.25, -0.2) is 0 Å². The van der Waals surface area contributed by atoms with Gasteiger partial charge in [-0.1, -0.05) is 83.3 Å². The summed E-state index contributed by atoms with van der Waals surface area (Å²) in [6, 6.07) is 21.8. The van der Waals surface area contributed by atoms with Gasteiger partial charge in [-0.3, -0.25) is 9.59 Å². The zero-order chi connectivity index (χ0) is 24.5. The van der Waals surface area contributed by atoms with E-state index in [2.05, 4.69) is 5.32 Å². The Morgan fingerprint density at radius 1 is 0.882 bits per heavy atom. The molecule has 0 aliphatic carbocycles. The Kier molecular flexibility index (Phi) is 10.1. The van der Waals surface area contributed by atoms with E-state index in [1.54, 1.807) is 30.1 Å². The van der Waals surface area contributed by atoms with Gasteiger partial charge < -0.3 is 10.2 Å². The molecule has 0 fully saturated rings. The molecule has 0 unspecified atom stereocenters. The molecule has 34 heavy (non-hydrogen) atoms. The largest absolute Gasteiger partial charge is 0.357 e. The highest BCUT2D eigenvalue weighted by Gasteiger charge is 2.29. The molecular formula is C26H25Cl3N2O2S. The van der Waals surface area contributed by atoms with Gasteiger partial charge >= 0.3 is 0 Å². The van der Waals surface area contributed by atoms with E-state index in [0.717, 1.165) is 16.7 Å². The van der Waals surface area contributed by atoms with Crippen molar-refractivity contribution in [2.75, 3.05) is 12.8 Å². The summed E-state index contributed by atoms with van der Waals surface area (Å²) in [5.74, 6) is 0.461. The Bertz CT molecular complexity index is 1130. The summed E-state index contributed by atoms with van der Waals surface area (Å²) in [6.45, 7) is 0.275. The van der Waals surface area contributed by atoms with Crippen molar-refractivity contribution < 1.29 is 9.59 Å². The monoisotopic (exact) mass is 534 g/mol. The van der Waals surface area contributed by atoms with Crippen LogP contribution in [0, 0.1) is 0 Å². The number of hydrogen-bond donors (Lipinski definition) is 1. The van der Waals surface area contributed by atoms with Crippen molar-refractivity contribution in [3.63, 3.8) is 0 Å². The molecule has 4 nitrogen and oxygen atoms in total. The van der Waals surface area contributed by atoms with Gasteiger partial charge in [0.05, 0.1) is 15.8 Å². The van der Waals surface area contributed by atoms with Crippen LogP contribution >= 0.6 is 46.6 Å². The lowest BCUT2D eigenvalue weighted by molar-refractivity contribution is -0.139. The Morgan fingerprint density at radius 2 is 1.62 bits per heavy atom. The Hall–Kier alpha value is -2.18. The van der Waals surface area contributed by atoms with Crippen LogP contribution < -0.4 is 5.32 Å². The maximum absolute atomic E-state index is 13.4. The fourth-order valence-electron chi connectivity index (χ4n) is 3.52. The molecule has 2 amide bonds. The molecule has 0 spiro atoms. The average Bonchev–Trinajstić information content (AvgIpc) is 2.83. The predicted octanol–water partition coefficient (Wildman–Crippen LogP) is 6.27. The van der Waals surface area contributed by atoms with E-state index in [1.165, 1.54) is 11.8 Å². The second kappa shape index (κ2) is 13.1. The zero-order valence-electron chi connectivity index (χ0n) is 18.6. The average molecular weight is 536 g/mol. The van der Waals surface area contributed by atoms with Crippen LogP contribution in [0.1, 0.15) is 16.7 Å². The second-order valence-corrected chi connectivity index (χ2v) is 9.95. The molecule has 1 N–H and O–H groups in total. The first-order valence-corrected chi connectivity index (χ1v) is 13.0. The Labute approximate surface area is 219 Å². The number of thioether (sulfide) groups is 1. The summed E-state index contributed by atoms with van der Waals surface area (Å²) in [5, 5.41) is 4.28. The SMILES string of the molecule is CNC(=O)[C@H](Cc1ccccc1)N(Cc1cccc(Cl)c1)C(=O)CSCc1ccc(Cl)c(Cl)c1. The van der Waals surface area contributed by atoms with Crippen LogP contribution in [0.25, 0.3) is 0 Å². The molecule has 0 aromatic heterocycles. The molecule has 1 atom stereocenters. The van der Waals surface area contributed by atoms with Crippen LogP contribution in [0.2, 0.25) is 15.1 Å². The van der Waals surface area contributed by atoms with E-state index in [0.29, 0.717) is 27.2 Å². The molecule has 8 heteroatoms. The highest BCUT2D eigenvalue weighted by atomic mass is 35.5. The standard InChI is InChI=1S/C26H25Cl3N2O2S/c1-30-26(33)24(14-18-6-3-2-4-7-18)31(15-19-8-5-9-21(27)12-19)25(32)17-34-16-20-10-11-22(28)23(29)13-20/h2-13,24H,14-17H2,1H3,(H,30,33)/t24-/m0/s1. The molecule has 0 heterocycles. The van der Waals surface area contributed by atoms with Crippen molar-refractivity contribution in [3.05, 3.63) is 105 Å². The molecule has 0 saturated heterocycles. The molecule has 178 valence electrons. The number of nitrogens with one attached hydrogen (secondary N) is 1. The number of carbonyl (C=O) groups is 2. The highest BCUT2D eigenvalue weighted by molar-refractivity contribution is 7.99. The third-order valence-electron chi connectivity index (χ3n) is 5.24. The van der Waals surface area contributed by atoms with E-state index in [9.17, 15) is 9.59 Å². The number of nitrogens with zero attached hydrogens (tertiary/aromatic N) is 1. The van der Waals surface area contributed by atoms with E-state index < -0.39 is 6.04 Å². The Balaban J connectivity index is 1.80. The minimum Gasteiger partial charge on any atom is -0.357 e. The van der Waals surface area contributed by atoms with Crippen molar-refractivity contribution in [2.45, 2.75) is 24.8 Å². The molecule has 3 rings (SSSR count). The van der Waals surface area contributed by atoms with Crippen molar-refractivity contribution in [1.29, 1.82) is 0 Å². The van der Waals surface area contributed by atoms with E-state index in [1.807, 2.05) is 54.6 Å². The number of rotatable bonds is 10. The third kappa shape index (κ3) is 7.67. The van der Waals surface area contributed by atoms with Crippen molar-refractivity contribution in [1.82, 2.24) is 10.2 Å². The molecule has 0 saturated carbocycles. The maximum atomic E-state index is 13.4. The summed E-state index contributed by atoms with van der Waals surface area (Å²) in [5.41, 5.74) is 2.81. The molecule has 0 aliphatic heterocycles. The van der Waals surface area contributed by atoms with Crippen LogP contribution in [0.3, 0.4) is 0 Å². The van der Waals surface area contributed by atoms with E-state index in [4.69, 9.17) is 34.8 Å². The number of likely N-dealkylation sites (N-methyl/N-ethyl adjacent to an activating group) is 1. The smallest absolute Gasteiger partial charge is 0.242 e. The predicted molar refractivity (Wildman–Crippen MR) is 143 cm³/mol. The lowest BCUT2D eigenvalue weighted by atomic mass is 10.0. The van der Waals surface area contributed by atoms with Crippen molar-refractivity contribution in [2.24, 2.45) is 0 Å². The number of benzene rings is 3. The van der Waals surface area contributed by atoms with Gasteiger partial charge in [-0.2, -0.15) is 0 Å². The van der Waals surface area contributed by atoms with Gasteiger partial charge in [0, 0.05) is 30.8 Å². The molecular weight excluding hydrogens is 511 g/mol. The third-order valence-corrected chi connectivity index (χ3v) is 7.20. The maximum Gasteiger partial charge on any atom is 0.242 e. The van der Waals surface area contributed by atoms with Gasteiger partial charge in [-0.15, -0.1) is 11.8 Å².